The Labute approximate surface area is 132 Å². The fraction of sp³-hybridized carbons (Fsp3) is 0.846. The summed E-state index contributed by atoms with van der Waals surface area (Å²) in [6.45, 7) is 8.98. The van der Waals surface area contributed by atoms with Crippen molar-refractivity contribution < 1.29 is 4.79 Å². The Morgan fingerprint density at radius 3 is 2.26 bits per heavy atom. The van der Waals surface area contributed by atoms with Crippen LogP contribution in [0.4, 0.5) is 0 Å². The summed E-state index contributed by atoms with van der Waals surface area (Å²) in [6.07, 6.45) is 2.67. The Bertz CT molecular complexity index is 323. The molecular formula is C13H25IN4O. The summed E-state index contributed by atoms with van der Waals surface area (Å²) in [5.41, 5.74) is 0. The Morgan fingerprint density at radius 1 is 1.21 bits per heavy atom. The second kappa shape index (κ2) is 7.91. The summed E-state index contributed by atoms with van der Waals surface area (Å²) in [5, 5.41) is 3.35. The zero-order valence-electron chi connectivity index (χ0n) is 11.9. The molecule has 19 heavy (non-hydrogen) atoms. The van der Waals surface area contributed by atoms with Gasteiger partial charge in [-0.1, -0.05) is 0 Å². The molecule has 0 aromatic rings. The van der Waals surface area contributed by atoms with Crippen LogP contribution in [0.25, 0.3) is 0 Å². The average molecular weight is 380 g/mol. The molecule has 1 aliphatic heterocycles. The van der Waals surface area contributed by atoms with E-state index in [2.05, 4.69) is 17.1 Å². The number of hydrogen-bond donors (Lipinski definition) is 1. The molecular weight excluding hydrogens is 355 g/mol. The number of carbonyl (C=O) groups excluding carboxylic acids is 1. The van der Waals surface area contributed by atoms with Gasteiger partial charge in [-0.3, -0.25) is 9.79 Å². The van der Waals surface area contributed by atoms with Crippen LogP contribution in [0.5, 0.6) is 0 Å². The fourth-order valence-electron chi connectivity index (χ4n) is 2.17. The van der Waals surface area contributed by atoms with Crippen molar-refractivity contribution >= 4 is 35.8 Å². The van der Waals surface area contributed by atoms with Crippen molar-refractivity contribution in [3.05, 3.63) is 0 Å². The number of halogens is 1. The summed E-state index contributed by atoms with van der Waals surface area (Å²) in [7, 11) is 0. The molecule has 1 saturated carbocycles. The molecule has 0 radical (unpaired) electrons. The largest absolute Gasteiger partial charge is 0.357 e. The standard InChI is InChI=1S/C13H24N4O.HI/c1-3-14-13(15-10-12-4-5-12)17-8-6-16(7-9-17)11(2)18;/h12H,3-10H2,1-2H3,(H,14,15);1H. The van der Waals surface area contributed by atoms with E-state index < -0.39 is 0 Å². The molecule has 1 heterocycles. The number of rotatable bonds is 3. The van der Waals surface area contributed by atoms with Crippen LogP contribution < -0.4 is 5.32 Å². The second-order valence-electron chi connectivity index (χ2n) is 5.13. The molecule has 5 nitrogen and oxygen atoms in total. The van der Waals surface area contributed by atoms with Gasteiger partial charge in [0, 0.05) is 46.2 Å². The first-order valence-electron chi connectivity index (χ1n) is 6.99. The summed E-state index contributed by atoms with van der Waals surface area (Å²) < 4.78 is 0. The molecule has 0 atom stereocenters. The molecule has 0 aromatic heterocycles. The molecule has 6 heteroatoms. The van der Waals surface area contributed by atoms with Crippen molar-refractivity contribution in [2.24, 2.45) is 10.9 Å². The first-order valence-corrected chi connectivity index (χ1v) is 6.99. The number of nitrogens with zero attached hydrogens (tertiary/aromatic N) is 3. The molecule has 1 N–H and O–H groups in total. The number of guanidine groups is 1. The van der Waals surface area contributed by atoms with Gasteiger partial charge >= 0.3 is 0 Å². The number of hydrogen-bond acceptors (Lipinski definition) is 2. The van der Waals surface area contributed by atoms with Gasteiger partial charge in [0.05, 0.1) is 0 Å². The van der Waals surface area contributed by atoms with Crippen molar-refractivity contribution in [1.29, 1.82) is 0 Å². The van der Waals surface area contributed by atoms with Gasteiger partial charge < -0.3 is 15.1 Å². The lowest BCUT2D eigenvalue weighted by atomic mass is 10.3. The lowest BCUT2D eigenvalue weighted by molar-refractivity contribution is -0.130. The Morgan fingerprint density at radius 2 is 1.79 bits per heavy atom. The summed E-state index contributed by atoms with van der Waals surface area (Å²) in [4.78, 5) is 20.2. The molecule has 2 fully saturated rings. The second-order valence-corrected chi connectivity index (χ2v) is 5.13. The highest BCUT2D eigenvalue weighted by molar-refractivity contribution is 14.0. The van der Waals surface area contributed by atoms with E-state index in [-0.39, 0.29) is 29.9 Å². The maximum absolute atomic E-state index is 11.3. The number of amides is 1. The van der Waals surface area contributed by atoms with E-state index in [1.54, 1.807) is 6.92 Å². The summed E-state index contributed by atoms with van der Waals surface area (Å²) >= 11 is 0. The van der Waals surface area contributed by atoms with E-state index in [1.807, 2.05) is 4.90 Å². The minimum absolute atomic E-state index is 0. The van der Waals surface area contributed by atoms with E-state index >= 15 is 0 Å². The van der Waals surface area contributed by atoms with Gasteiger partial charge in [-0.05, 0) is 25.7 Å². The van der Waals surface area contributed by atoms with Gasteiger partial charge in [-0.2, -0.15) is 0 Å². The molecule has 0 bridgehead atoms. The molecule has 110 valence electrons. The summed E-state index contributed by atoms with van der Waals surface area (Å²) in [6, 6.07) is 0. The van der Waals surface area contributed by atoms with Crippen LogP contribution in [0.15, 0.2) is 4.99 Å². The minimum atomic E-state index is 0. The van der Waals surface area contributed by atoms with Crippen LogP contribution in [0.3, 0.4) is 0 Å². The van der Waals surface area contributed by atoms with Gasteiger partial charge in [0.2, 0.25) is 5.91 Å². The monoisotopic (exact) mass is 380 g/mol. The summed E-state index contributed by atoms with van der Waals surface area (Å²) in [5.74, 6) is 2.01. The third-order valence-electron chi connectivity index (χ3n) is 3.56. The first kappa shape index (κ1) is 16.5. The van der Waals surface area contributed by atoms with Gasteiger partial charge in [-0.15, -0.1) is 24.0 Å². The van der Waals surface area contributed by atoms with Crippen LogP contribution in [0.1, 0.15) is 26.7 Å². The normalized spacial score (nSPS) is 20.0. The number of aliphatic imine (C=N–C) groups is 1. The molecule has 1 saturated heterocycles. The predicted octanol–water partition coefficient (Wildman–Crippen LogP) is 1.14. The quantitative estimate of drug-likeness (QED) is 0.454. The number of nitrogens with one attached hydrogen (secondary N) is 1. The zero-order valence-corrected chi connectivity index (χ0v) is 14.2. The van der Waals surface area contributed by atoms with Crippen molar-refractivity contribution in [2.75, 3.05) is 39.3 Å². The van der Waals surface area contributed by atoms with E-state index in [9.17, 15) is 4.79 Å². The van der Waals surface area contributed by atoms with Crippen LogP contribution in [0, 0.1) is 5.92 Å². The van der Waals surface area contributed by atoms with Gasteiger partial charge in [-0.25, -0.2) is 0 Å². The lowest BCUT2D eigenvalue weighted by Crippen LogP contribution is -2.53. The van der Waals surface area contributed by atoms with Gasteiger partial charge in [0.1, 0.15) is 0 Å². The highest BCUT2D eigenvalue weighted by atomic mass is 127. The van der Waals surface area contributed by atoms with Crippen LogP contribution in [-0.4, -0.2) is 60.9 Å². The zero-order chi connectivity index (χ0) is 13.0. The fourth-order valence-corrected chi connectivity index (χ4v) is 2.17. The van der Waals surface area contributed by atoms with Gasteiger partial charge in [0.25, 0.3) is 0 Å². The molecule has 0 spiro atoms. The lowest BCUT2D eigenvalue weighted by Gasteiger charge is -2.36. The first-order chi connectivity index (χ1) is 8.70. The minimum Gasteiger partial charge on any atom is -0.357 e. The highest BCUT2D eigenvalue weighted by Crippen LogP contribution is 2.28. The van der Waals surface area contributed by atoms with Gasteiger partial charge in [0.15, 0.2) is 5.96 Å². The third-order valence-corrected chi connectivity index (χ3v) is 3.56. The molecule has 0 aromatic carbocycles. The average Bonchev–Trinajstić information content (AvgIpc) is 3.18. The Kier molecular flexibility index (Phi) is 6.88. The Hall–Kier alpha value is -0.530. The molecule has 0 unspecified atom stereocenters. The predicted molar refractivity (Wildman–Crippen MR) is 87.9 cm³/mol. The van der Waals surface area contributed by atoms with Crippen molar-refractivity contribution in [3.8, 4) is 0 Å². The van der Waals surface area contributed by atoms with Crippen LogP contribution in [0.2, 0.25) is 0 Å². The Balaban J connectivity index is 0.00000180. The molecule has 1 amide bonds. The van der Waals surface area contributed by atoms with Crippen molar-refractivity contribution in [3.63, 3.8) is 0 Å². The van der Waals surface area contributed by atoms with Crippen molar-refractivity contribution in [1.82, 2.24) is 15.1 Å². The van der Waals surface area contributed by atoms with Crippen molar-refractivity contribution in [2.45, 2.75) is 26.7 Å². The maximum Gasteiger partial charge on any atom is 0.219 e. The van der Waals surface area contributed by atoms with Crippen LogP contribution >= 0.6 is 24.0 Å². The van der Waals surface area contributed by atoms with E-state index in [4.69, 9.17) is 4.99 Å². The molecule has 2 aliphatic rings. The van der Waals surface area contributed by atoms with Crippen LogP contribution in [-0.2, 0) is 4.79 Å². The highest BCUT2D eigenvalue weighted by Gasteiger charge is 2.23. The SMILES string of the molecule is CCNC(=NCC1CC1)N1CCN(C(C)=O)CC1.I. The van der Waals surface area contributed by atoms with E-state index in [1.165, 1.54) is 12.8 Å². The third kappa shape index (κ3) is 5.16. The number of carbonyl (C=O) groups is 1. The molecule has 2 rings (SSSR count). The maximum atomic E-state index is 11.3. The topological polar surface area (TPSA) is 47.9 Å². The van der Waals surface area contributed by atoms with E-state index in [0.717, 1.165) is 51.1 Å². The smallest absolute Gasteiger partial charge is 0.219 e. The molecule has 1 aliphatic carbocycles. The van der Waals surface area contributed by atoms with E-state index in [0.29, 0.717) is 0 Å². The number of piperazine rings is 1.